The summed E-state index contributed by atoms with van der Waals surface area (Å²) in [4.78, 5) is 2.67. The molecule has 4 unspecified atom stereocenters. The fourth-order valence-electron chi connectivity index (χ4n) is 4.17. The van der Waals surface area contributed by atoms with E-state index < -0.39 is 0 Å². The van der Waals surface area contributed by atoms with Gasteiger partial charge < -0.3 is 5.73 Å². The summed E-state index contributed by atoms with van der Waals surface area (Å²) in [5.41, 5.74) is 7.71. The van der Waals surface area contributed by atoms with E-state index in [9.17, 15) is 0 Å². The summed E-state index contributed by atoms with van der Waals surface area (Å²) < 4.78 is 0. The molecule has 1 saturated carbocycles. The molecule has 1 saturated heterocycles. The minimum absolute atomic E-state index is 0.217. The van der Waals surface area contributed by atoms with Crippen LogP contribution in [-0.2, 0) is 0 Å². The van der Waals surface area contributed by atoms with Crippen LogP contribution in [0.2, 0.25) is 0 Å². The van der Waals surface area contributed by atoms with Crippen LogP contribution in [0.4, 0.5) is 0 Å². The van der Waals surface area contributed by atoms with Crippen molar-refractivity contribution in [2.75, 3.05) is 13.1 Å². The van der Waals surface area contributed by atoms with Gasteiger partial charge >= 0.3 is 0 Å². The summed E-state index contributed by atoms with van der Waals surface area (Å²) >= 11 is 1.79. The highest BCUT2D eigenvalue weighted by atomic mass is 32.1. The summed E-state index contributed by atoms with van der Waals surface area (Å²) in [7, 11) is 0. The largest absolute Gasteiger partial charge is 0.326 e. The van der Waals surface area contributed by atoms with E-state index >= 15 is 0 Å². The van der Waals surface area contributed by atoms with E-state index in [1.54, 1.807) is 11.3 Å². The van der Waals surface area contributed by atoms with Gasteiger partial charge in [0.25, 0.3) is 0 Å². The van der Waals surface area contributed by atoms with E-state index in [1.165, 1.54) is 50.8 Å². The van der Waals surface area contributed by atoms with Crippen LogP contribution in [0.1, 0.15) is 50.6 Å². The molecule has 0 aromatic carbocycles. The zero-order valence-electron chi connectivity index (χ0n) is 11.9. The Morgan fingerprint density at radius 3 is 2.74 bits per heavy atom. The van der Waals surface area contributed by atoms with Crippen LogP contribution in [0.15, 0.2) is 16.8 Å². The molecule has 1 aliphatic carbocycles. The normalized spacial score (nSPS) is 31.7. The predicted molar refractivity (Wildman–Crippen MR) is 82.3 cm³/mol. The van der Waals surface area contributed by atoms with Crippen molar-refractivity contribution < 1.29 is 0 Å². The molecule has 4 atom stereocenters. The molecule has 106 valence electrons. The van der Waals surface area contributed by atoms with Crippen molar-refractivity contribution >= 4 is 11.3 Å². The fraction of sp³-hybridized carbons (Fsp3) is 0.750. The van der Waals surface area contributed by atoms with Crippen molar-refractivity contribution in [3.63, 3.8) is 0 Å². The van der Waals surface area contributed by atoms with Gasteiger partial charge in [-0.2, -0.15) is 11.3 Å². The zero-order chi connectivity index (χ0) is 13.2. The Bertz CT molecular complexity index is 387. The molecular weight excluding hydrogens is 252 g/mol. The van der Waals surface area contributed by atoms with Gasteiger partial charge in [0.1, 0.15) is 0 Å². The molecule has 1 aliphatic heterocycles. The Hall–Kier alpha value is -0.380. The van der Waals surface area contributed by atoms with Crippen LogP contribution in [0.3, 0.4) is 0 Å². The Balaban J connectivity index is 1.73. The standard InChI is InChI=1S/C16H26N2S/c1-12(17)16(15-7-9-19-11-15)18-8-6-13-4-2-3-5-14(13)10-18/h7,9,11-14,16H,2-6,8,10,17H2,1H3. The number of fused-ring (bicyclic) bond motifs is 1. The summed E-state index contributed by atoms with van der Waals surface area (Å²) in [6.07, 6.45) is 7.20. The van der Waals surface area contributed by atoms with Crippen LogP contribution in [0.5, 0.6) is 0 Å². The van der Waals surface area contributed by atoms with Gasteiger partial charge in [-0.1, -0.05) is 19.3 Å². The predicted octanol–water partition coefficient (Wildman–Crippen LogP) is 3.65. The van der Waals surface area contributed by atoms with Gasteiger partial charge in [-0.25, -0.2) is 0 Å². The highest BCUT2D eigenvalue weighted by Crippen LogP contribution is 2.39. The second-order valence-corrected chi connectivity index (χ2v) is 7.23. The van der Waals surface area contributed by atoms with E-state index in [4.69, 9.17) is 5.73 Å². The molecule has 19 heavy (non-hydrogen) atoms. The number of nitrogens with zero attached hydrogens (tertiary/aromatic N) is 1. The van der Waals surface area contributed by atoms with Gasteiger partial charge in [0.2, 0.25) is 0 Å². The molecule has 2 fully saturated rings. The average Bonchev–Trinajstić information content (AvgIpc) is 2.92. The van der Waals surface area contributed by atoms with Crippen molar-refractivity contribution in [2.24, 2.45) is 17.6 Å². The summed E-state index contributed by atoms with van der Waals surface area (Å²) in [6, 6.07) is 2.90. The molecule has 2 aliphatic rings. The molecule has 0 bridgehead atoms. The number of nitrogens with two attached hydrogens (primary N) is 1. The van der Waals surface area contributed by atoms with Crippen LogP contribution in [0, 0.1) is 11.8 Å². The lowest BCUT2D eigenvalue weighted by atomic mass is 9.74. The third-order valence-electron chi connectivity index (χ3n) is 5.10. The maximum Gasteiger partial charge on any atom is 0.0504 e. The lowest BCUT2D eigenvalue weighted by Gasteiger charge is -2.45. The first-order valence-corrected chi connectivity index (χ1v) is 8.71. The zero-order valence-corrected chi connectivity index (χ0v) is 12.7. The SMILES string of the molecule is CC(N)C(c1ccsc1)N1CCC2CCCCC2C1. The van der Waals surface area contributed by atoms with Gasteiger partial charge in [0.15, 0.2) is 0 Å². The average molecular weight is 278 g/mol. The highest BCUT2D eigenvalue weighted by Gasteiger charge is 2.35. The molecular formula is C16H26N2S. The number of piperidine rings is 1. The first kappa shape index (κ1) is 13.6. The molecule has 1 aromatic heterocycles. The molecule has 3 heteroatoms. The minimum Gasteiger partial charge on any atom is -0.326 e. The summed E-state index contributed by atoms with van der Waals surface area (Å²) in [6.45, 7) is 4.67. The number of likely N-dealkylation sites (tertiary alicyclic amines) is 1. The Kier molecular flexibility index (Phi) is 4.25. The van der Waals surface area contributed by atoms with E-state index in [0.29, 0.717) is 6.04 Å². The molecule has 0 spiro atoms. The third kappa shape index (κ3) is 2.88. The van der Waals surface area contributed by atoms with Crippen molar-refractivity contribution in [1.82, 2.24) is 4.90 Å². The molecule has 2 nitrogen and oxygen atoms in total. The Labute approximate surface area is 121 Å². The Morgan fingerprint density at radius 2 is 2.05 bits per heavy atom. The number of rotatable bonds is 3. The first-order chi connectivity index (χ1) is 9.25. The van der Waals surface area contributed by atoms with Crippen molar-refractivity contribution in [3.05, 3.63) is 22.4 Å². The minimum atomic E-state index is 0.217. The highest BCUT2D eigenvalue weighted by molar-refractivity contribution is 7.07. The third-order valence-corrected chi connectivity index (χ3v) is 5.80. The second-order valence-electron chi connectivity index (χ2n) is 6.45. The van der Waals surface area contributed by atoms with Crippen LogP contribution in [0.25, 0.3) is 0 Å². The van der Waals surface area contributed by atoms with E-state index in [1.807, 2.05) is 0 Å². The lowest BCUT2D eigenvalue weighted by Crippen LogP contribution is -2.47. The molecule has 3 rings (SSSR count). The fourth-order valence-corrected chi connectivity index (χ4v) is 4.86. The quantitative estimate of drug-likeness (QED) is 0.914. The smallest absolute Gasteiger partial charge is 0.0504 e. The molecule has 2 heterocycles. The molecule has 2 N–H and O–H groups in total. The van der Waals surface area contributed by atoms with E-state index in [-0.39, 0.29) is 6.04 Å². The van der Waals surface area contributed by atoms with Crippen molar-refractivity contribution in [3.8, 4) is 0 Å². The second kappa shape index (κ2) is 5.94. The first-order valence-electron chi connectivity index (χ1n) is 7.77. The lowest BCUT2D eigenvalue weighted by molar-refractivity contribution is 0.0496. The molecule has 1 aromatic rings. The number of hydrogen-bond donors (Lipinski definition) is 1. The maximum atomic E-state index is 6.29. The van der Waals surface area contributed by atoms with E-state index in [0.717, 1.165) is 11.8 Å². The van der Waals surface area contributed by atoms with Gasteiger partial charge in [-0.3, -0.25) is 4.90 Å². The van der Waals surface area contributed by atoms with Crippen LogP contribution < -0.4 is 5.73 Å². The topological polar surface area (TPSA) is 29.3 Å². The van der Waals surface area contributed by atoms with Gasteiger partial charge in [-0.15, -0.1) is 0 Å². The van der Waals surface area contributed by atoms with Crippen LogP contribution >= 0.6 is 11.3 Å². The van der Waals surface area contributed by atoms with Gasteiger partial charge in [0, 0.05) is 12.6 Å². The van der Waals surface area contributed by atoms with Crippen molar-refractivity contribution in [1.29, 1.82) is 0 Å². The summed E-state index contributed by atoms with van der Waals surface area (Å²) in [5.74, 6) is 1.93. The molecule has 0 amide bonds. The number of hydrogen-bond acceptors (Lipinski definition) is 3. The van der Waals surface area contributed by atoms with Gasteiger partial charge in [-0.05, 0) is 60.5 Å². The van der Waals surface area contributed by atoms with Crippen molar-refractivity contribution in [2.45, 2.75) is 51.1 Å². The van der Waals surface area contributed by atoms with Crippen LogP contribution in [-0.4, -0.2) is 24.0 Å². The monoisotopic (exact) mass is 278 g/mol. The summed E-state index contributed by atoms with van der Waals surface area (Å²) in [5, 5.41) is 4.46. The van der Waals surface area contributed by atoms with E-state index in [2.05, 4.69) is 28.7 Å². The van der Waals surface area contributed by atoms with Gasteiger partial charge in [0.05, 0.1) is 6.04 Å². The number of thiophene rings is 1. The Morgan fingerprint density at radius 1 is 1.26 bits per heavy atom. The maximum absolute atomic E-state index is 6.29. The molecule has 0 radical (unpaired) electrons.